The highest BCUT2D eigenvalue weighted by Gasteiger charge is 2.31. The summed E-state index contributed by atoms with van der Waals surface area (Å²) in [5.74, 6) is -0.429. The number of nitrogens with zero attached hydrogens (tertiary/aromatic N) is 2. The lowest BCUT2D eigenvalue weighted by atomic mass is 10.0. The molecule has 9 heteroatoms. The molecule has 1 aliphatic heterocycles. The molecule has 1 aliphatic rings. The van der Waals surface area contributed by atoms with Crippen LogP contribution in [0.5, 0.6) is 0 Å². The number of carbonyl (C=O) groups excluding carboxylic acids is 2. The molecule has 3 aromatic carbocycles. The summed E-state index contributed by atoms with van der Waals surface area (Å²) >= 11 is 6.07. The zero-order valence-corrected chi connectivity index (χ0v) is 23.6. The van der Waals surface area contributed by atoms with Crippen LogP contribution in [0.15, 0.2) is 83.8 Å². The third-order valence-electron chi connectivity index (χ3n) is 6.87. The minimum atomic E-state index is -3.49. The summed E-state index contributed by atoms with van der Waals surface area (Å²) in [6.07, 6.45) is 2.34. The van der Waals surface area contributed by atoms with Gasteiger partial charge in [0.15, 0.2) is 0 Å². The van der Waals surface area contributed by atoms with Gasteiger partial charge in [-0.05, 0) is 67.1 Å². The average molecular weight is 568 g/mol. The maximum atomic E-state index is 13.7. The van der Waals surface area contributed by atoms with Crippen LogP contribution in [-0.4, -0.2) is 49.1 Å². The normalized spacial score (nSPS) is 14.6. The second-order valence-electron chi connectivity index (χ2n) is 9.61. The van der Waals surface area contributed by atoms with Gasteiger partial charge >= 0.3 is 0 Å². The van der Waals surface area contributed by atoms with Crippen molar-refractivity contribution in [2.75, 3.05) is 19.6 Å². The summed E-state index contributed by atoms with van der Waals surface area (Å²) in [7, 11) is -3.49. The van der Waals surface area contributed by atoms with E-state index in [1.165, 1.54) is 4.31 Å². The van der Waals surface area contributed by atoms with Gasteiger partial charge in [0.05, 0.1) is 4.90 Å². The Morgan fingerprint density at radius 3 is 2.15 bits per heavy atom. The molecule has 0 bridgehead atoms. The van der Waals surface area contributed by atoms with Gasteiger partial charge in [-0.3, -0.25) is 9.59 Å². The fraction of sp³-hybridized carbons (Fsp3) is 0.333. The van der Waals surface area contributed by atoms with E-state index >= 15 is 0 Å². The van der Waals surface area contributed by atoms with Crippen molar-refractivity contribution in [3.05, 3.63) is 101 Å². The highest BCUT2D eigenvalue weighted by atomic mass is 35.5. The number of nitrogens with one attached hydrogen (secondary N) is 1. The van der Waals surface area contributed by atoms with Crippen molar-refractivity contribution in [3.8, 4) is 0 Å². The predicted octanol–water partition coefficient (Wildman–Crippen LogP) is 4.96. The number of hydrogen-bond acceptors (Lipinski definition) is 4. The van der Waals surface area contributed by atoms with E-state index in [1.54, 1.807) is 41.3 Å². The van der Waals surface area contributed by atoms with Gasteiger partial charge in [-0.15, -0.1) is 0 Å². The maximum absolute atomic E-state index is 13.7. The van der Waals surface area contributed by atoms with Gasteiger partial charge in [-0.2, -0.15) is 4.31 Å². The molecule has 0 aliphatic carbocycles. The number of benzene rings is 3. The number of likely N-dealkylation sites (N-methyl/N-ethyl adjacent to an activating group) is 1. The first kappa shape index (κ1) is 28.8. The zero-order chi connectivity index (χ0) is 27.8. The number of halogens is 1. The third-order valence-corrected chi connectivity index (χ3v) is 9.03. The number of hydrogen-bond donors (Lipinski definition) is 1. The zero-order valence-electron chi connectivity index (χ0n) is 22.1. The Hall–Kier alpha value is -3.20. The van der Waals surface area contributed by atoms with E-state index in [2.05, 4.69) is 5.32 Å². The van der Waals surface area contributed by atoms with E-state index in [0.29, 0.717) is 31.1 Å². The molecule has 4 rings (SSSR count). The van der Waals surface area contributed by atoms with Crippen LogP contribution in [0.2, 0.25) is 5.02 Å². The lowest BCUT2D eigenvalue weighted by molar-refractivity contribution is -0.141. The van der Waals surface area contributed by atoms with Crippen LogP contribution in [0.3, 0.4) is 0 Å². The largest absolute Gasteiger partial charge is 0.354 e. The quantitative estimate of drug-likeness (QED) is 0.355. The SMILES string of the molecule is CCNC(=O)[C@H](c1ccccc1)N(Cc1ccc(Cl)cc1)C(=O)CCc1ccc(S(=O)(=O)N2CCCC2)cc1. The summed E-state index contributed by atoms with van der Waals surface area (Å²) in [6, 6.07) is 22.4. The van der Waals surface area contributed by atoms with Crippen molar-refractivity contribution < 1.29 is 18.0 Å². The molecular weight excluding hydrogens is 534 g/mol. The smallest absolute Gasteiger partial charge is 0.247 e. The molecular formula is C30H34ClN3O4S. The van der Waals surface area contributed by atoms with E-state index < -0.39 is 16.1 Å². The maximum Gasteiger partial charge on any atom is 0.247 e. The molecule has 39 heavy (non-hydrogen) atoms. The molecule has 206 valence electrons. The van der Waals surface area contributed by atoms with Crippen molar-refractivity contribution in [3.63, 3.8) is 0 Å². The van der Waals surface area contributed by atoms with Crippen LogP contribution in [-0.2, 0) is 32.6 Å². The average Bonchev–Trinajstić information content (AvgIpc) is 3.50. The van der Waals surface area contributed by atoms with Crippen LogP contribution < -0.4 is 5.32 Å². The molecule has 7 nitrogen and oxygen atoms in total. The first-order valence-electron chi connectivity index (χ1n) is 13.2. The molecule has 0 unspecified atom stereocenters. The van der Waals surface area contributed by atoms with Crippen LogP contribution in [0.25, 0.3) is 0 Å². The number of sulfonamides is 1. The molecule has 0 radical (unpaired) electrons. The Kier molecular flexibility index (Phi) is 9.78. The monoisotopic (exact) mass is 567 g/mol. The molecule has 1 fully saturated rings. The lowest BCUT2D eigenvalue weighted by Crippen LogP contribution is -2.43. The molecule has 0 aromatic heterocycles. The van der Waals surface area contributed by atoms with Crippen molar-refractivity contribution in [1.82, 2.24) is 14.5 Å². The molecule has 3 aromatic rings. The van der Waals surface area contributed by atoms with E-state index in [4.69, 9.17) is 11.6 Å². The minimum absolute atomic E-state index is 0.161. The number of amides is 2. The van der Waals surface area contributed by atoms with Crippen LogP contribution in [0, 0.1) is 0 Å². The van der Waals surface area contributed by atoms with Crippen molar-refractivity contribution in [2.45, 2.75) is 50.1 Å². The Morgan fingerprint density at radius 2 is 1.54 bits per heavy atom. The summed E-state index contributed by atoms with van der Waals surface area (Å²) in [4.78, 5) is 28.9. The Balaban J connectivity index is 1.55. The Bertz CT molecular complexity index is 1360. The fourth-order valence-corrected chi connectivity index (χ4v) is 6.43. The summed E-state index contributed by atoms with van der Waals surface area (Å²) < 4.78 is 27.2. The highest BCUT2D eigenvalue weighted by molar-refractivity contribution is 7.89. The van der Waals surface area contributed by atoms with Crippen molar-refractivity contribution in [2.24, 2.45) is 0 Å². The number of aryl methyl sites for hydroxylation is 1. The van der Waals surface area contributed by atoms with E-state index in [0.717, 1.165) is 29.5 Å². The lowest BCUT2D eigenvalue weighted by Gasteiger charge is -2.31. The van der Waals surface area contributed by atoms with Gasteiger partial charge in [-0.1, -0.05) is 66.2 Å². The summed E-state index contributed by atoms with van der Waals surface area (Å²) in [6.45, 7) is 3.63. The first-order valence-corrected chi connectivity index (χ1v) is 15.1. The van der Waals surface area contributed by atoms with Crippen molar-refractivity contribution >= 4 is 33.4 Å². The van der Waals surface area contributed by atoms with Crippen LogP contribution in [0.4, 0.5) is 0 Å². The summed E-state index contributed by atoms with van der Waals surface area (Å²) in [5.41, 5.74) is 2.43. The highest BCUT2D eigenvalue weighted by Crippen LogP contribution is 2.26. The summed E-state index contributed by atoms with van der Waals surface area (Å²) in [5, 5.41) is 3.47. The van der Waals surface area contributed by atoms with Crippen LogP contribution >= 0.6 is 11.6 Å². The second kappa shape index (κ2) is 13.2. The molecule has 0 saturated carbocycles. The fourth-order valence-electron chi connectivity index (χ4n) is 4.79. The molecule has 1 atom stereocenters. The minimum Gasteiger partial charge on any atom is -0.354 e. The molecule has 0 spiro atoms. The van der Waals surface area contributed by atoms with E-state index in [-0.39, 0.29) is 29.7 Å². The Morgan fingerprint density at radius 1 is 0.923 bits per heavy atom. The molecule has 1 saturated heterocycles. The van der Waals surface area contributed by atoms with Gasteiger partial charge in [0.1, 0.15) is 6.04 Å². The van der Waals surface area contributed by atoms with Gasteiger partial charge < -0.3 is 10.2 Å². The van der Waals surface area contributed by atoms with E-state index in [9.17, 15) is 18.0 Å². The van der Waals surface area contributed by atoms with Gasteiger partial charge in [0.2, 0.25) is 21.8 Å². The van der Waals surface area contributed by atoms with Crippen molar-refractivity contribution in [1.29, 1.82) is 0 Å². The van der Waals surface area contributed by atoms with Crippen LogP contribution in [0.1, 0.15) is 48.9 Å². The van der Waals surface area contributed by atoms with Gasteiger partial charge in [-0.25, -0.2) is 8.42 Å². The van der Waals surface area contributed by atoms with E-state index in [1.807, 2.05) is 49.4 Å². The Labute approximate surface area is 235 Å². The number of carbonyl (C=O) groups is 2. The first-order chi connectivity index (χ1) is 18.8. The predicted molar refractivity (Wildman–Crippen MR) is 153 cm³/mol. The molecule has 1 N–H and O–H groups in total. The topological polar surface area (TPSA) is 86.8 Å². The number of rotatable bonds is 11. The second-order valence-corrected chi connectivity index (χ2v) is 12.0. The van der Waals surface area contributed by atoms with Gasteiger partial charge in [0.25, 0.3) is 0 Å². The van der Waals surface area contributed by atoms with Gasteiger partial charge in [0, 0.05) is 37.6 Å². The standard InChI is InChI=1S/C30H34ClN3O4S/c1-2-32-30(36)29(25-8-4-3-5-9-25)34(22-24-10-15-26(31)16-11-24)28(35)19-14-23-12-17-27(18-13-23)39(37,38)33-20-6-7-21-33/h3-5,8-13,15-18,29H,2,6-7,14,19-22H2,1H3,(H,32,36)/t29-/m0/s1. The third kappa shape index (κ3) is 7.26. The molecule has 1 heterocycles. The molecule has 2 amide bonds.